The van der Waals surface area contributed by atoms with Crippen LogP contribution in [0, 0.1) is 0 Å². The van der Waals surface area contributed by atoms with Crippen molar-refractivity contribution in [2.45, 2.75) is 0 Å². The zero-order valence-corrected chi connectivity index (χ0v) is 17.3. The highest BCUT2D eigenvalue weighted by atomic mass is 35.5. The monoisotopic (exact) mass is 422 g/mol. The van der Waals surface area contributed by atoms with E-state index in [0.29, 0.717) is 22.3 Å². The maximum atomic E-state index is 12.0. The fourth-order valence-electron chi connectivity index (χ4n) is 3.18. The van der Waals surface area contributed by atoms with Crippen LogP contribution in [0.3, 0.4) is 0 Å². The van der Waals surface area contributed by atoms with Crippen molar-refractivity contribution >= 4 is 40.6 Å². The minimum Gasteiger partial charge on any atom is -0.495 e. The number of anilines is 2. The number of amides is 2. The van der Waals surface area contributed by atoms with Crippen LogP contribution >= 0.6 is 23.2 Å². The summed E-state index contributed by atoms with van der Waals surface area (Å²) in [6, 6.07) is 12.8. The largest absolute Gasteiger partial charge is 0.495 e. The molecular weight excluding hydrogens is 399 g/mol. The van der Waals surface area contributed by atoms with Crippen molar-refractivity contribution in [3.05, 3.63) is 52.5 Å². The lowest BCUT2D eigenvalue weighted by Crippen LogP contribution is -2.48. The summed E-state index contributed by atoms with van der Waals surface area (Å²) < 4.78 is 5.45. The molecule has 0 unspecified atom stereocenters. The van der Waals surface area contributed by atoms with Crippen molar-refractivity contribution in [1.29, 1.82) is 0 Å². The fraction of sp³-hybridized carbons (Fsp3) is 0.350. The Morgan fingerprint density at radius 2 is 1.82 bits per heavy atom. The molecule has 0 radical (unpaired) electrons. The van der Waals surface area contributed by atoms with Crippen molar-refractivity contribution in [3.63, 3.8) is 0 Å². The molecule has 2 aromatic carbocycles. The molecule has 2 aromatic rings. The maximum Gasteiger partial charge on any atom is 0.319 e. The van der Waals surface area contributed by atoms with Gasteiger partial charge in [0, 0.05) is 45.0 Å². The van der Waals surface area contributed by atoms with Crippen LogP contribution in [0.2, 0.25) is 10.0 Å². The predicted molar refractivity (Wildman–Crippen MR) is 115 cm³/mol. The number of piperazine rings is 1. The van der Waals surface area contributed by atoms with Crippen LogP contribution in [0.4, 0.5) is 16.2 Å². The fourth-order valence-corrected chi connectivity index (χ4v) is 3.48. The molecule has 150 valence electrons. The number of ether oxygens (including phenoxy) is 1. The van der Waals surface area contributed by atoms with Crippen molar-refractivity contribution < 1.29 is 9.53 Å². The molecule has 1 heterocycles. The third-order valence-electron chi connectivity index (χ3n) is 4.69. The summed E-state index contributed by atoms with van der Waals surface area (Å²) in [5.74, 6) is 0.900. The van der Waals surface area contributed by atoms with Gasteiger partial charge in [-0.05, 0) is 30.3 Å². The quantitative estimate of drug-likeness (QED) is 0.739. The number of para-hydroxylation sites is 2. The van der Waals surface area contributed by atoms with Crippen LogP contribution in [-0.4, -0.2) is 57.3 Å². The summed E-state index contributed by atoms with van der Waals surface area (Å²) in [6.07, 6.45) is 0. The number of carbonyl (C=O) groups excluding carboxylic acids is 1. The third-order valence-corrected chi connectivity index (χ3v) is 5.43. The SMILES string of the molecule is COc1ccccc1N1CCN(CCNC(=O)Nc2ccc(Cl)c(Cl)c2)CC1. The molecule has 0 bridgehead atoms. The molecular formula is C20H24Cl2N4O2. The van der Waals surface area contributed by atoms with Crippen LogP contribution in [-0.2, 0) is 0 Å². The molecule has 0 aliphatic carbocycles. The second-order valence-electron chi connectivity index (χ2n) is 6.51. The minimum atomic E-state index is -0.258. The van der Waals surface area contributed by atoms with E-state index in [2.05, 4.69) is 26.5 Å². The normalized spacial score (nSPS) is 14.6. The highest BCUT2D eigenvalue weighted by molar-refractivity contribution is 6.42. The van der Waals surface area contributed by atoms with Crippen LogP contribution in [0.25, 0.3) is 0 Å². The number of methoxy groups -OCH3 is 1. The Hall–Kier alpha value is -2.15. The van der Waals surface area contributed by atoms with E-state index in [0.717, 1.165) is 44.2 Å². The number of nitrogens with one attached hydrogen (secondary N) is 2. The molecule has 1 fully saturated rings. The number of hydrogen-bond donors (Lipinski definition) is 2. The zero-order valence-electron chi connectivity index (χ0n) is 15.8. The van der Waals surface area contributed by atoms with Crippen LogP contribution in [0.5, 0.6) is 5.75 Å². The third kappa shape index (κ3) is 5.44. The Morgan fingerprint density at radius 3 is 2.54 bits per heavy atom. The number of nitrogens with zero attached hydrogens (tertiary/aromatic N) is 2. The van der Waals surface area contributed by atoms with Gasteiger partial charge in [-0.2, -0.15) is 0 Å². The van der Waals surface area contributed by atoms with E-state index in [1.165, 1.54) is 0 Å². The summed E-state index contributed by atoms with van der Waals surface area (Å²) in [5.41, 5.74) is 1.74. The van der Waals surface area contributed by atoms with Crippen molar-refractivity contribution in [1.82, 2.24) is 10.2 Å². The van der Waals surface area contributed by atoms with Gasteiger partial charge in [0.05, 0.1) is 22.8 Å². The number of halogens is 2. The van der Waals surface area contributed by atoms with Gasteiger partial charge in [0.15, 0.2) is 0 Å². The molecule has 1 saturated heterocycles. The van der Waals surface area contributed by atoms with Crippen LogP contribution in [0.1, 0.15) is 0 Å². The van der Waals surface area contributed by atoms with Crippen LogP contribution in [0.15, 0.2) is 42.5 Å². The zero-order chi connectivity index (χ0) is 19.9. The van der Waals surface area contributed by atoms with Crippen molar-refractivity contribution in [3.8, 4) is 5.75 Å². The molecule has 3 rings (SSSR count). The van der Waals surface area contributed by atoms with E-state index in [1.807, 2.05) is 18.2 Å². The van der Waals surface area contributed by atoms with E-state index in [1.54, 1.807) is 25.3 Å². The van der Waals surface area contributed by atoms with Gasteiger partial charge < -0.3 is 20.3 Å². The number of hydrogen-bond acceptors (Lipinski definition) is 4. The highest BCUT2D eigenvalue weighted by Gasteiger charge is 2.19. The Labute approximate surface area is 175 Å². The smallest absolute Gasteiger partial charge is 0.319 e. The molecule has 1 aliphatic heterocycles. The molecule has 28 heavy (non-hydrogen) atoms. The average molecular weight is 423 g/mol. The maximum absolute atomic E-state index is 12.0. The molecule has 6 nitrogen and oxygen atoms in total. The summed E-state index contributed by atoms with van der Waals surface area (Å²) >= 11 is 11.8. The Balaban J connectivity index is 1.39. The van der Waals surface area contributed by atoms with E-state index >= 15 is 0 Å². The Kier molecular flexibility index (Phi) is 7.25. The van der Waals surface area contributed by atoms with Crippen LogP contribution < -0.4 is 20.3 Å². The second kappa shape index (κ2) is 9.87. The lowest BCUT2D eigenvalue weighted by atomic mass is 10.2. The van der Waals surface area contributed by atoms with E-state index in [9.17, 15) is 4.79 Å². The van der Waals surface area contributed by atoms with Gasteiger partial charge >= 0.3 is 6.03 Å². The van der Waals surface area contributed by atoms with Gasteiger partial charge in [-0.3, -0.25) is 4.90 Å². The van der Waals surface area contributed by atoms with Gasteiger partial charge in [0.1, 0.15) is 5.75 Å². The average Bonchev–Trinajstić information content (AvgIpc) is 2.71. The predicted octanol–water partition coefficient (Wildman–Crippen LogP) is 3.95. The number of benzene rings is 2. The summed E-state index contributed by atoms with van der Waals surface area (Å²) in [7, 11) is 1.70. The number of rotatable bonds is 6. The number of urea groups is 1. The first-order valence-corrected chi connectivity index (χ1v) is 9.92. The van der Waals surface area contributed by atoms with E-state index in [4.69, 9.17) is 27.9 Å². The Morgan fingerprint density at radius 1 is 1.07 bits per heavy atom. The topological polar surface area (TPSA) is 56.8 Å². The Bertz CT molecular complexity index is 811. The lowest BCUT2D eigenvalue weighted by Gasteiger charge is -2.36. The van der Waals surface area contributed by atoms with Gasteiger partial charge in [-0.25, -0.2) is 4.79 Å². The minimum absolute atomic E-state index is 0.258. The van der Waals surface area contributed by atoms with E-state index < -0.39 is 0 Å². The van der Waals surface area contributed by atoms with Crippen molar-refractivity contribution in [2.24, 2.45) is 0 Å². The first kappa shape index (κ1) is 20.6. The molecule has 0 spiro atoms. The molecule has 2 N–H and O–H groups in total. The molecule has 1 aliphatic rings. The van der Waals surface area contributed by atoms with E-state index in [-0.39, 0.29) is 6.03 Å². The molecule has 0 saturated carbocycles. The summed E-state index contributed by atoms with van der Waals surface area (Å²) in [5, 5.41) is 6.50. The summed E-state index contributed by atoms with van der Waals surface area (Å²) in [6.45, 7) is 5.10. The molecule has 0 aromatic heterocycles. The van der Waals surface area contributed by atoms with Gasteiger partial charge in [-0.1, -0.05) is 35.3 Å². The first-order chi connectivity index (χ1) is 13.6. The van der Waals surface area contributed by atoms with Crippen molar-refractivity contribution in [2.75, 3.05) is 56.6 Å². The molecule has 8 heteroatoms. The number of carbonyl (C=O) groups is 1. The van der Waals surface area contributed by atoms with Gasteiger partial charge in [0.25, 0.3) is 0 Å². The molecule has 0 atom stereocenters. The van der Waals surface area contributed by atoms with Gasteiger partial charge in [-0.15, -0.1) is 0 Å². The standard InChI is InChI=1S/C20H24Cl2N4O2/c1-28-19-5-3-2-4-18(19)26-12-10-25(11-13-26)9-8-23-20(27)24-15-6-7-16(21)17(22)14-15/h2-7,14H,8-13H2,1H3,(H2,23,24,27). The molecule has 2 amide bonds. The lowest BCUT2D eigenvalue weighted by molar-refractivity contribution is 0.240. The van der Waals surface area contributed by atoms with Gasteiger partial charge in [0.2, 0.25) is 0 Å². The highest BCUT2D eigenvalue weighted by Crippen LogP contribution is 2.28. The first-order valence-electron chi connectivity index (χ1n) is 9.17. The summed E-state index contributed by atoms with van der Waals surface area (Å²) in [4.78, 5) is 16.7. The second-order valence-corrected chi connectivity index (χ2v) is 7.32.